The van der Waals surface area contributed by atoms with Gasteiger partial charge in [-0.1, -0.05) is 78.0 Å². The largest absolute Gasteiger partial charge is 0.366 e. The van der Waals surface area contributed by atoms with E-state index in [-0.39, 0.29) is 5.41 Å². The summed E-state index contributed by atoms with van der Waals surface area (Å²) in [5.74, 6) is 0. The Morgan fingerprint density at radius 2 is 1.39 bits per heavy atom. The maximum absolute atomic E-state index is 6.21. The van der Waals surface area contributed by atoms with Crippen LogP contribution in [0.3, 0.4) is 0 Å². The molecule has 3 aromatic rings. The minimum absolute atomic E-state index is 0.159. The molecule has 1 atom stereocenters. The summed E-state index contributed by atoms with van der Waals surface area (Å²) in [5.41, 5.74) is 6.46. The molecule has 2 aliphatic heterocycles. The number of para-hydroxylation sites is 1. The fourth-order valence-corrected chi connectivity index (χ4v) is 4.70. The SMILES string of the molecule is CN1c2ccccc2C(C)(C)[C@@]12CC(c1ccc(-c3ccccc3)cc1)=NO2. The van der Waals surface area contributed by atoms with Gasteiger partial charge in [0.25, 0.3) is 0 Å². The molecule has 0 N–H and O–H groups in total. The average molecular weight is 368 g/mol. The molecule has 3 heteroatoms. The fourth-order valence-electron chi connectivity index (χ4n) is 4.70. The minimum Gasteiger partial charge on any atom is -0.366 e. The van der Waals surface area contributed by atoms with E-state index in [4.69, 9.17) is 4.84 Å². The van der Waals surface area contributed by atoms with Crippen molar-refractivity contribution < 1.29 is 4.84 Å². The van der Waals surface area contributed by atoms with Gasteiger partial charge in [-0.2, -0.15) is 0 Å². The highest BCUT2D eigenvalue weighted by Crippen LogP contribution is 2.55. The first-order chi connectivity index (χ1) is 13.5. The van der Waals surface area contributed by atoms with Crippen molar-refractivity contribution in [2.24, 2.45) is 5.16 Å². The smallest absolute Gasteiger partial charge is 0.224 e. The van der Waals surface area contributed by atoms with E-state index >= 15 is 0 Å². The first kappa shape index (κ1) is 17.1. The molecule has 140 valence electrons. The van der Waals surface area contributed by atoms with Crippen LogP contribution >= 0.6 is 0 Å². The standard InChI is InChI=1S/C25H24N2O/c1-24(2)21-11-7-8-12-23(21)27(3)25(24)17-22(26-28-25)20-15-13-19(14-16-20)18-9-5-4-6-10-18/h4-16H,17H2,1-3H3/t25-/m0/s1. The van der Waals surface area contributed by atoms with E-state index in [2.05, 4.69) is 104 Å². The van der Waals surface area contributed by atoms with Gasteiger partial charge >= 0.3 is 0 Å². The lowest BCUT2D eigenvalue weighted by atomic mass is 9.75. The lowest BCUT2D eigenvalue weighted by Gasteiger charge is -2.40. The summed E-state index contributed by atoms with van der Waals surface area (Å²) in [6, 6.07) is 27.6. The van der Waals surface area contributed by atoms with Gasteiger partial charge in [-0.25, -0.2) is 0 Å². The fraction of sp³-hybridized carbons (Fsp3) is 0.240. The number of hydrogen-bond acceptors (Lipinski definition) is 3. The number of anilines is 1. The number of rotatable bonds is 2. The summed E-state index contributed by atoms with van der Waals surface area (Å²) in [7, 11) is 2.12. The highest BCUT2D eigenvalue weighted by molar-refractivity contribution is 6.02. The number of benzene rings is 3. The number of oxime groups is 1. The summed E-state index contributed by atoms with van der Waals surface area (Å²) >= 11 is 0. The molecule has 0 fully saturated rings. The Morgan fingerprint density at radius 3 is 2.11 bits per heavy atom. The van der Waals surface area contributed by atoms with Gasteiger partial charge < -0.3 is 9.74 Å². The highest BCUT2D eigenvalue weighted by atomic mass is 16.7. The zero-order valence-corrected chi connectivity index (χ0v) is 16.5. The molecule has 1 spiro atoms. The Balaban J connectivity index is 1.45. The summed E-state index contributed by atoms with van der Waals surface area (Å²) in [5, 5.41) is 4.55. The van der Waals surface area contributed by atoms with Crippen molar-refractivity contribution in [3.63, 3.8) is 0 Å². The van der Waals surface area contributed by atoms with Crippen LogP contribution in [0.4, 0.5) is 5.69 Å². The topological polar surface area (TPSA) is 24.8 Å². The first-order valence-corrected chi connectivity index (χ1v) is 9.77. The molecule has 3 nitrogen and oxygen atoms in total. The second kappa shape index (κ2) is 5.96. The third kappa shape index (κ3) is 2.26. The number of fused-ring (bicyclic) bond motifs is 1. The van der Waals surface area contributed by atoms with Crippen LogP contribution in [0, 0.1) is 0 Å². The normalized spacial score (nSPS) is 22.1. The van der Waals surface area contributed by atoms with Crippen molar-refractivity contribution in [2.75, 3.05) is 11.9 Å². The first-order valence-electron chi connectivity index (χ1n) is 9.77. The Labute approximate surface area is 166 Å². The van der Waals surface area contributed by atoms with Gasteiger partial charge in [0.1, 0.15) is 0 Å². The molecular formula is C25H24N2O. The van der Waals surface area contributed by atoms with Gasteiger partial charge in [-0.15, -0.1) is 0 Å². The lowest BCUT2D eigenvalue weighted by Crippen LogP contribution is -2.54. The van der Waals surface area contributed by atoms with Crippen LogP contribution in [0.25, 0.3) is 11.1 Å². The molecule has 0 saturated carbocycles. The van der Waals surface area contributed by atoms with Crippen LogP contribution in [0.1, 0.15) is 31.4 Å². The molecule has 3 aromatic carbocycles. The van der Waals surface area contributed by atoms with Crippen molar-refractivity contribution in [1.29, 1.82) is 0 Å². The van der Waals surface area contributed by atoms with Crippen molar-refractivity contribution in [3.8, 4) is 11.1 Å². The summed E-state index contributed by atoms with van der Waals surface area (Å²) in [6.45, 7) is 4.51. The van der Waals surface area contributed by atoms with Crippen LogP contribution < -0.4 is 4.90 Å². The van der Waals surface area contributed by atoms with E-state index < -0.39 is 5.72 Å². The molecule has 0 aromatic heterocycles. The van der Waals surface area contributed by atoms with Crippen LogP contribution in [-0.2, 0) is 10.3 Å². The monoisotopic (exact) mass is 368 g/mol. The van der Waals surface area contributed by atoms with E-state index in [1.165, 1.54) is 22.4 Å². The van der Waals surface area contributed by atoms with Crippen LogP contribution in [0.5, 0.6) is 0 Å². The number of nitrogens with zero attached hydrogens (tertiary/aromatic N) is 2. The minimum atomic E-state index is -0.482. The number of hydrogen-bond donors (Lipinski definition) is 0. The molecular weight excluding hydrogens is 344 g/mol. The summed E-state index contributed by atoms with van der Waals surface area (Å²) in [6.07, 6.45) is 0.760. The van der Waals surface area contributed by atoms with Gasteiger partial charge in [0, 0.05) is 12.7 Å². The van der Waals surface area contributed by atoms with Crippen molar-refractivity contribution in [1.82, 2.24) is 0 Å². The third-order valence-electron chi connectivity index (χ3n) is 6.50. The second-order valence-corrected chi connectivity index (χ2v) is 8.23. The lowest BCUT2D eigenvalue weighted by molar-refractivity contribution is -0.0591. The van der Waals surface area contributed by atoms with E-state index in [1.54, 1.807) is 0 Å². The Kier molecular flexibility index (Phi) is 3.63. The maximum Gasteiger partial charge on any atom is 0.224 e. The average Bonchev–Trinajstić information content (AvgIpc) is 3.26. The molecule has 0 unspecified atom stereocenters. The van der Waals surface area contributed by atoms with Gasteiger partial charge in [0.05, 0.1) is 17.5 Å². The second-order valence-electron chi connectivity index (χ2n) is 8.23. The van der Waals surface area contributed by atoms with E-state index in [1.807, 2.05) is 6.07 Å². The van der Waals surface area contributed by atoms with Crippen LogP contribution in [0.15, 0.2) is 84.0 Å². The van der Waals surface area contributed by atoms with Gasteiger partial charge in [0.15, 0.2) is 0 Å². The Morgan fingerprint density at radius 1 is 0.786 bits per heavy atom. The Hall–Kier alpha value is -3.07. The molecule has 2 heterocycles. The molecule has 28 heavy (non-hydrogen) atoms. The highest BCUT2D eigenvalue weighted by Gasteiger charge is 2.61. The molecule has 5 rings (SSSR count). The molecule has 2 aliphatic rings. The van der Waals surface area contributed by atoms with Crippen molar-refractivity contribution >= 4 is 11.4 Å². The third-order valence-corrected chi connectivity index (χ3v) is 6.50. The quantitative estimate of drug-likeness (QED) is 0.588. The molecule has 0 saturated heterocycles. The summed E-state index contributed by atoms with van der Waals surface area (Å²) < 4.78 is 0. The summed E-state index contributed by atoms with van der Waals surface area (Å²) in [4.78, 5) is 8.47. The van der Waals surface area contributed by atoms with E-state index in [0.29, 0.717) is 0 Å². The van der Waals surface area contributed by atoms with E-state index in [0.717, 1.165) is 17.7 Å². The molecule has 0 radical (unpaired) electrons. The van der Waals surface area contributed by atoms with Gasteiger partial charge in [0.2, 0.25) is 5.72 Å². The van der Waals surface area contributed by atoms with Crippen molar-refractivity contribution in [3.05, 3.63) is 90.0 Å². The van der Waals surface area contributed by atoms with Gasteiger partial charge in [-0.3, -0.25) is 0 Å². The molecule has 0 bridgehead atoms. The predicted octanol–water partition coefficient (Wildman–Crippen LogP) is 5.60. The predicted molar refractivity (Wildman–Crippen MR) is 115 cm³/mol. The maximum atomic E-state index is 6.21. The van der Waals surface area contributed by atoms with E-state index in [9.17, 15) is 0 Å². The number of likely N-dealkylation sites (N-methyl/N-ethyl adjacent to an activating group) is 1. The Bertz CT molecular complexity index is 1050. The van der Waals surface area contributed by atoms with Gasteiger partial charge in [-0.05, 0) is 42.2 Å². The molecule has 0 amide bonds. The van der Waals surface area contributed by atoms with Crippen LogP contribution in [0.2, 0.25) is 0 Å². The van der Waals surface area contributed by atoms with Crippen LogP contribution in [-0.4, -0.2) is 18.5 Å². The zero-order chi connectivity index (χ0) is 19.4. The van der Waals surface area contributed by atoms with Crippen molar-refractivity contribution in [2.45, 2.75) is 31.4 Å². The zero-order valence-electron chi connectivity index (χ0n) is 16.5. The molecule has 0 aliphatic carbocycles.